The van der Waals surface area contributed by atoms with Crippen molar-refractivity contribution in [2.45, 2.75) is 56.9 Å². The highest BCUT2D eigenvalue weighted by atomic mass is 32.2. The van der Waals surface area contributed by atoms with Crippen molar-refractivity contribution in [3.05, 3.63) is 59.2 Å². The fourth-order valence-corrected chi connectivity index (χ4v) is 6.24. The highest BCUT2D eigenvalue weighted by Gasteiger charge is 2.31. The summed E-state index contributed by atoms with van der Waals surface area (Å²) in [7, 11) is -3.53. The highest BCUT2D eigenvalue weighted by molar-refractivity contribution is 7.89. The molecule has 2 aromatic carbocycles. The molecule has 1 fully saturated rings. The molecule has 1 atom stereocenters. The number of anilines is 1. The largest absolute Gasteiger partial charge is 0.308 e. The van der Waals surface area contributed by atoms with Gasteiger partial charge in [0.15, 0.2) is 0 Å². The molecule has 2 heterocycles. The molecule has 2 aromatic rings. The van der Waals surface area contributed by atoms with Gasteiger partial charge in [-0.3, -0.25) is 4.79 Å². The third-order valence-electron chi connectivity index (χ3n) is 6.11. The lowest BCUT2D eigenvalue weighted by atomic mass is 9.97. The van der Waals surface area contributed by atoms with Gasteiger partial charge in [0.1, 0.15) is 0 Å². The predicted octanol–water partition coefficient (Wildman–Crippen LogP) is 4.15. The number of benzene rings is 2. The zero-order chi connectivity index (χ0) is 20.6. The molecule has 0 spiro atoms. The first-order chi connectivity index (χ1) is 13.9. The molecule has 0 radical (unpaired) electrons. The Morgan fingerprint density at radius 2 is 1.76 bits per heavy atom. The van der Waals surface area contributed by atoms with E-state index >= 15 is 0 Å². The first kappa shape index (κ1) is 20.1. The first-order valence-corrected chi connectivity index (χ1v) is 11.9. The van der Waals surface area contributed by atoms with Crippen molar-refractivity contribution in [3.63, 3.8) is 0 Å². The monoisotopic (exact) mass is 412 g/mol. The number of rotatable bonds is 3. The third kappa shape index (κ3) is 3.71. The van der Waals surface area contributed by atoms with E-state index in [-0.39, 0.29) is 16.8 Å². The van der Waals surface area contributed by atoms with E-state index in [2.05, 4.69) is 6.07 Å². The number of sulfonamides is 1. The summed E-state index contributed by atoms with van der Waals surface area (Å²) >= 11 is 0. The van der Waals surface area contributed by atoms with E-state index in [0.29, 0.717) is 18.7 Å². The van der Waals surface area contributed by atoms with Crippen LogP contribution in [0.2, 0.25) is 0 Å². The standard InChI is InChI=1S/C23H28N2O3S/c1-17-7-5-9-19-10-6-15-24(22(17)19)23(26)20-11-13-21(14-12-20)29(27,28)25-16-4-3-8-18(25)2/h5,7,9,11-14,18H,3-4,6,8,10,15-16H2,1-2H3. The Labute approximate surface area is 173 Å². The summed E-state index contributed by atoms with van der Waals surface area (Å²) < 4.78 is 27.6. The Bertz CT molecular complexity index is 1010. The van der Waals surface area contributed by atoms with Crippen LogP contribution in [0, 0.1) is 6.92 Å². The average Bonchev–Trinajstić information content (AvgIpc) is 2.73. The van der Waals surface area contributed by atoms with E-state index in [1.807, 2.05) is 30.9 Å². The van der Waals surface area contributed by atoms with Crippen molar-refractivity contribution in [2.75, 3.05) is 18.0 Å². The van der Waals surface area contributed by atoms with Crippen LogP contribution in [0.1, 0.15) is 54.1 Å². The molecular formula is C23H28N2O3S. The fourth-order valence-electron chi connectivity index (χ4n) is 4.54. The van der Waals surface area contributed by atoms with Gasteiger partial charge in [-0.2, -0.15) is 4.31 Å². The van der Waals surface area contributed by atoms with Crippen LogP contribution in [0.15, 0.2) is 47.4 Å². The molecule has 154 valence electrons. The number of hydrogen-bond donors (Lipinski definition) is 0. The van der Waals surface area contributed by atoms with E-state index in [1.54, 1.807) is 28.6 Å². The Morgan fingerprint density at radius 1 is 1.00 bits per heavy atom. The zero-order valence-corrected chi connectivity index (χ0v) is 17.9. The Hall–Kier alpha value is -2.18. The minimum absolute atomic E-state index is 0.0166. The maximum absolute atomic E-state index is 13.2. The van der Waals surface area contributed by atoms with Gasteiger partial charge in [0.25, 0.3) is 5.91 Å². The lowest BCUT2D eigenvalue weighted by Gasteiger charge is -2.32. The maximum atomic E-state index is 13.2. The third-order valence-corrected chi connectivity index (χ3v) is 8.14. The Kier molecular flexibility index (Phi) is 5.49. The molecular weight excluding hydrogens is 384 g/mol. The number of aryl methyl sites for hydroxylation is 2. The number of carbonyl (C=O) groups is 1. The number of amides is 1. The van der Waals surface area contributed by atoms with Crippen molar-refractivity contribution >= 4 is 21.6 Å². The molecule has 2 aliphatic rings. The van der Waals surface area contributed by atoms with Crippen LogP contribution >= 0.6 is 0 Å². The molecule has 2 aliphatic heterocycles. The minimum atomic E-state index is -3.53. The van der Waals surface area contributed by atoms with Gasteiger partial charge in [-0.1, -0.05) is 24.6 Å². The van der Waals surface area contributed by atoms with Crippen LogP contribution in [-0.4, -0.2) is 37.8 Å². The van der Waals surface area contributed by atoms with Crippen LogP contribution in [-0.2, 0) is 16.4 Å². The van der Waals surface area contributed by atoms with Gasteiger partial charge in [-0.25, -0.2) is 8.42 Å². The Balaban J connectivity index is 1.60. The van der Waals surface area contributed by atoms with Gasteiger partial charge in [-0.05, 0) is 74.9 Å². The van der Waals surface area contributed by atoms with Crippen molar-refractivity contribution < 1.29 is 13.2 Å². The van der Waals surface area contributed by atoms with Crippen molar-refractivity contribution in [3.8, 4) is 0 Å². The summed E-state index contributed by atoms with van der Waals surface area (Å²) in [6, 6.07) is 12.6. The van der Waals surface area contributed by atoms with E-state index in [4.69, 9.17) is 0 Å². The number of carbonyl (C=O) groups excluding carboxylic acids is 1. The topological polar surface area (TPSA) is 57.7 Å². The van der Waals surface area contributed by atoms with Gasteiger partial charge in [-0.15, -0.1) is 0 Å². The van der Waals surface area contributed by atoms with Gasteiger partial charge < -0.3 is 4.90 Å². The lowest BCUT2D eigenvalue weighted by molar-refractivity contribution is 0.0985. The lowest BCUT2D eigenvalue weighted by Crippen LogP contribution is -2.41. The van der Waals surface area contributed by atoms with Gasteiger partial charge >= 0.3 is 0 Å². The summed E-state index contributed by atoms with van der Waals surface area (Å²) in [6.45, 7) is 5.24. The fraction of sp³-hybridized carbons (Fsp3) is 0.435. The predicted molar refractivity (Wildman–Crippen MR) is 115 cm³/mol. The second-order valence-electron chi connectivity index (χ2n) is 8.13. The molecule has 29 heavy (non-hydrogen) atoms. The minimum Gasteiger partial charge on any atom is -0.308 e. The molecule has 1 amide bonds. The molecule has 0 N–H and O–H groups in total. The number of fused-ring (bicyclic) bond motifs is 1. The number of piperidine rings is 1. The van der Waals surface area contributed by atoms with Gasteiger partial charge in [0.05, 0.1) is 10.6 Å². The van der Waals surface area contributed by atoms with Gasteiger partial charge in [0.2, 0.25) is 10.0 Å². The van der Waals surface area contributed by atoms with E-state index in [0.717, 1.165) is 43.4 Å². The molecule has 1 saturated heterocycles. The highest BCUT2D eigenvalue weighted by Crippen LogP contribution is 2.32. The number of nitrogens with zero attached hydrogens (tertiary/aromatic N) is 2. The van der Waals surface area contributed by atoms with Crippen LogP contribution in [0.3, 0.4) is 0 Å². The molecule has 5 nitrogen and oxygen atoms in total. The molecule has 0 aliphatic carbocycles. The number of para-hydroxylation sites is 1. The maximum Gasteiger partial charge on any atom is 0.258 e. The van der Waals surface area contributed by atoms with E-state index in [1.165, 1.54) is 5.56 Å². The summed E-state index contributed by atoms with van der Waals surface area (Å²) in [5.41, 5.74) is 3.81. The van der Waals surface area contributed by atoms with Crippen molar-refractivity contribution in [2.24, 2.45) is 0 Å². The van der Waals surface area contributed by atoms with Gasteiger partial charge in [0, 0.05) is 24.7 Å². The number of hydrogen-bond acceptors (Lipinski definition) is 3. The normalized spacial score (nSPS) is 20.3. The second kappa shape index (κ2) is 7.92. The molecule has 1 unspecified atom stereocenters. The molecule has 0 saturated carbocycles. The quantitative estimate of drug-likeness (QED) is 0.761. The average molecular weight is 413 g/mol. The summed E-state index contributed by atoms with van der Waals surface area (Å²) in [5, 5.41) is 0. The van der Waals surface area contributed by atoms with Crippen LogP contribution < -0.4 is 4.90 Å². The summed E-state index contributed by atoms with van der Waals surface area (Å²) in [6.07, 6.45) is 4.77. The molecule has 0 bridgehead atoms. The Morgan fingerprint density at radius 3 is 2.48 bits per heavy atom. The zero-order valence-electron chi connectivity index (χ0n) is 17.1. The first-order valence-electron chi connectivity index (χ1n) is 10.4. The van der Waals surface area contributed by atoms with Crippen LogP contribution in [0.4, 0.5) is 5.69 Å². The van der Waals surface area contributed by atoms with Crippen LogP contribution in [0.5, 0.6) is 0 Å². The van der Waals surface area contributed by atoms with E-state index in [9.17, 15) is 13.2 Å². The second-order valence-corrected chi connectivity index (χ2v) is 10.0. The summed E-state index contributed by atoms with van der Waals surface area (Å²) in [5.74, 6) is -0.0736. The molecule has 4 rings (SSSR count). The van der Waals surface area contributed by atoms with Crippen molar-refractivity contribution in [1.82, 2.24) is 4.31 Å². The SMILES string of the molecule is Cc1cccc2c1N(C(=O)c1ccc(S(=O)(=O)N3CCCCC3C)cc1)CCC2. The molecule has 0 aromatic heterocycles. The van der Waals surface area contributed by atoms with Crippen LogP contribution in [0.25, 0.3) is 0 Å². The van der Waals surface area contributed by atoms with E-state index < -0.39 is 10.0 Å². The smallest absolute Gasteiger partial charge is 0.258 e. The van der Waals surface area contributed by atoms with Crippen molar-refractivity contribution in [1.29, 1.82) is 0 Å². The summed E-state index contributed by atoms with van der Waals surface area (Å²) in [4.78, 5) is 15.3. The molecule has 6 heteroatoms.